The number of piperidine rings is 1. The van der Waals surface area contributed by atoms with Gasteiger partial charge in [0.1, 0.15) is 0 Å². The summed E-state index contributed by atoms with van der Waals surface area (Å²) in [4.78, 5) is 14.7. The number of rotatable bonds is 1. The summed E-state index contributed by atoms with van der Waals surface area (Å²) in [7, 11) is 0. The molecule has 2 fully saturated rings. The molecule has 0 radical (unpaired) electrons. The second-order valence-electron chi connectivity index (χ2n) is 5.00. The normalized spacial score (nSPS) is 21.4. The van der Waals surface area contributed by atoms with Gasteiger partial charge in [0.15, 0.2) is 0 Å². The second kappa shape index (κ2) is 6.38. The zero-order valence-corrected chi connectivity index (χ0v) is 16.3. The summed E-state index contributed by atoms with van der Waals surface area (Å²) in [5.74, 6) is 2.69. The van der Waals surface area contributed by atoms with E-state index in [0.29, 0.717) is 4.08 Å². The molecule has 108 valence electrons. The van der Waals surface area contributed by atoms with Crippen LogP contribution in [0.25, 0.3) is 0 Å². The molecule has 2 aliphatic heterocycles. The number of hydrogen-bond donors (Lipinski definition) is 0. The summed E-state index contributed by atoms with van der Waals surface area (Å²) in [6.45, 7) is 1.77. The maximum atomic E-state index is 12.7. The highest BCUT2D eigenvalue weighted by molar-refractivity contribution is 14.1. The number of hydrogen-bond acceptors (Lipinski definition) is 3. The molecule has 6 heteroatoms. The smallest absolute Gasteiger partial charge is 0.255 e. The van der Waals surface area contributed by atoms with Gasteiger partial charge in [-0.1, -0.05) is 6.07 Å². The first kappa shape index (κ1) is 15.5. The van der Waals surface area contributed by atoms with E-state index in [-0.39, 0.29) is 5.91 Å². The van der Waals surface area contributed by atoms with E-state index < -0.39 is 0 Å². The highest BCUT2D eigenvalue weighted by Crippen LogP contribution is 2.50. The van der Waals surface area contributed by atoms with E-state index in [2.05, 4.69) is 62.0 Å². The van der Waals surface area contributed by atoms with Gasteiger partial charge in [-0.15, -0.1) is 23.5 Å². The predicted molar refractivity (Wildman–Crippen MR) is 99.6 cm³/mol. The van der Waals surface area contributed by atoms with Gasteiger partial charge in [0, 0.05) is 32.6 Å². The Bertz CT molecular complexity index is 524. The minimum atomic E-state index is 0.165. The first-order valence-corrected chi connectivity index (χ1v) is 10.5. The molecule has 1 aromatic rings. The van der Waals surface area contributed by atoms with Crippen molar-refractivity contribution in [3.05, 3.63) is 31.8 Å². The average Bonchev–Trinajstić information content (AvgIpc) is 2.90. The van der Waals surface area contributed by atoms with Gasteiger partial charge in [-0.3, -0.25) is 4.79 Å². The Hall–Kier alpha value is 0.600. The molecule has 2 heterocycles. The van der Waals surface area contributed by atoms with Crippen LogP contribution in [0.15, 0.2) is 22.7 Å². The van der Waals surface area contributed by atoms with Crippen LogP contribution in [0.5, 0.6) is 0 Å². The second-order valence-corrected chi connectivity index (χ2v) is 10.2. The Morgan fingerprint density at radius 1 is 1.25 bits per heavy atom. The van der Waals surface area contributed by atoms with Crippen LogP contribution in [-0.2, 0) is 0 Å². The third-order valence-electron chi connectivity index (χ3n) is 3.81. The van der Waals surface area contributed by atoms with Crippen LogP contribution in [0, 0.1) is 3.57 Å². The van der Waals surface area contributed by atoms with E-state index in [9.17, 15) is 4.79 Å². The van der Waals surface area contributed by atoms with Crippen molar-refractivity contribution in [1.82, 2.24) is 4.90 Å². The third kappa shape index (κ3) is 3.03. The molecule has 3 rings (SSSR count). The number of thioether (sulfide) groups is 2. The Morgan fingerprint density at radius 2 is 1.90 bits per heavy atom. The topological polar surface area (TPSA) is 20.3 Å². The van der Waals surface area contributed by atoms with Crippen LogP contribution in [0.1, 0.15) is 23.2 Å². The van der Waals surface area contributed by atoms with Gasteiger partial charge in [-0.05, 0) is 63.5 Å². The molecule has 0 aliphatic carbocycles. The molecule has 0 N–H and O–H groups in total. The predicted octanol–water partition coefficient (Wildman–Crippen LogP) is 4.47. The van der Waals surface area contributed by atoms with Crippen molar-refractivity contribution in [2.45, 2.75) is 16.9 Å². The van der Waals surface area contributed by atoms with Gasteiger partial charge in [-0.25, -0.2) is 0 Å². The number of nitrogens with zero attached hydrogens (tertiary/aromatic N) is 1. The van der Waals surface area contributed by atoms with Gasteiger partial charge in [0.25, 0.3) is 5.91 Å². The monoisotopic (exact) mass is 483 g/mol. The van der Waals surface area contributed by atoms with Gasteiger partial charge >= 0.3 is 0 Å². The highest BCUT2D eigenvalue weighted by atomic mass is 127. The van der Waals surface area contributed by atoms with E-state index in [0.717, 1.165) is 39.5 Å². The van der Waals surface area contributed by atoms with Gasteiger partial charge in [0.2, 0.25) is 0 Å². The van der Waals surface area contributed by atoms with Crippen LogP contribution in [0.2, 0.25) is 0 Å². The first-order chi connectivity index (χ1) is 9.61. The Morgan fingerprint density at radius 3 is 2.55 bits per heavy atom. The van der Waals surface area contributed by atoms with Crippen molar-refractivity contribution >= 4 is 68.0 Å². The molecule has 0 saturated carbocycles. The Kier molecular flexibility index (Phi) is 4.94. The van der Waals surface area contributed by atoms with Crippen molar-refractivity contribution < 1.29 is 4.79 Å². The van der Waals surface area contributed by atoms with Gasteiger partial charge in [-0.2, -0.15) is 0 Å². The minimum Gasteiger partial charge on any atom is -0.338 e. The van der Waals surface area contributed by atoms with Crippen molar-refractivity contribution in [2.75, 3.05) is 24.6 Å². The molecule has 1 aromatic carbocycles. The molecule has 0 aromatic heterocycles. The third-order valence-corrected chi connectivity index (χ3v) is 9.95. The summed E-state index contributed by atoms with van der Waals surface area (Å²) < 4.78 is 2.42. The summed E-state index contributed by atoms with van der Waals surface area (Å²) >= 11 is 9.99. The largest absolute Gasteiger partial charge is 0.338 e. The lowest BCUT2D eigenvalue weighted by molar-refractivity contribution is 0.0721. The lowest BCUT2D eigenvalue weighted by Gasteiger charge is -2.38. The molecular formula is C14H15BrINOS2. The van der Waals surface area contributed by atoms with Gasteiger partial charge in [0.05, 0.1) is 9.64 Å². The quantitative estimate of drug-likeness (QED) is 0.550. The number of benzene rings is 1. The Balaban J connectivity index is 1.71. The molecule has 0 unspecified atom stereocenters. The standard InChI is InChI=1S/C14H15BrINOS2/c15-12-10(2-1-3-11(12)16)13(18)17-6-4-14(5-7-17)19-8-9-20-14/h1-3H,4-9H2. The van der Waals surface area contributed by atoms with E-state index >= 15 is 0 Å². The summed E-state index contributed by atoms with van der Waals surface area (Å²) in [6.07, 6.45) is 2.24. The lowest BCUT2D eigenvalue weighted by Crippen LogP contribution is -2.43. The number of carbonyl (C=O) groups excluding carboxylic acids is 1. The highest BCUT2D eigenvalue weighted by Gasteiger charge is 2.39. The summed E-state index contributed by atoms with van der Waals surface area (Å²) in [5.41, 5.74) is 0.791. The van der Waals surface area contributed by atoms with Crippen molar-refractivity contribution in [1.29, 1.82) is 0 Å². The number of likely N-dealkylation sites (tertiary alicyclic amines) is 1. The van der Waals surface area contributed by atoms with Gasteiger partial charge < -0.3 is 4.90 Å². The maximum absolute atomic E-state index is 12.7. The number of carbonyl (C=O) groups is 1. The van der Waals surface area contributed by atoms with Crippen molar-refractivity contribution in [3.8, 4) is 0 Å². The van der Waals surface area contributed by atoms with E-state index in [1.807, 2.05) is 23.1 Å². The Labute approximate surface area is 150 Å². The minimum absolute atomic E-state index is 0.165. The van der Waals surface area contributed by atoms with E-state index in [1.54, 1.807) is 0 Å². The molecular weight excluding hydrogens is 469 g/mol. The fourth-order valence-electron chi connectivity index (χ4n) is 2.68. The van der Waals surface area contributed by atoms with Crippen LogP contribution in [-0.4, -0.2) is 39.5 Å². The summed E-state index contributed by atoms with van der Waals surface area (Å²) in [6, 6.07) is 5.88. The molecule has 0 atom stereocenters. The SMILES string of the molecule is O=C(c1cccc(I)c1Br)N1CCC2(CC1)SCCS2. The van der Waals surface area contributed by atoms with E-state index in [1.165, 1.54) is 11.5 Å². The number of halogens is 2. The first-order valence-electron chi connectivity index (χ1n) is 6.62. The molecule has 1 amide bonds. The van der Waals surface area contributed by atoms with Crippen LogP contribution in [0.4, 0.5) is 0 Å². The van der Waals surface area contributed by atoms with Crippen LogP contribution in [0.3, 0.4) is 0 Å². The molecule has 0 bridgehead atoms. The maximum Gasteiger partial charge on any atom is 0.255 e. The zero-order valence-electron chi connectivity index (χ0n) is 10.9. The number of amides is 1. The fraction of sp³-hybridized carbons (Fsp3) is 0.500. The summed E-state index contributed by atoms with van der Waals surface area (Å²) in [5, 5.41) is 0. The zero-order chi connectivity index (χ0) is 14.2. The van der Waals surface area contributed by atoms with Crippen molar-refractivity contribution in [2.24, 2.45) is 0 Å². The molecule has 2 nitrogen and oxygen atoms in total. The van der Waals surface area contributed by atoms with E-state index in [4.69, 9.17) is 0 Å². The molecule has 2 saturated heterocycles. The lowest BCUT2D eigenvalue weighted by atomic mass is 10.1. The van der Waals surface area contributed by atoms with Crippen molar-refractivity contribution in [3.63, 3.8) is 0 Å². The molecule has 20 heavy (non-hydrogen) atoms. The van der Waals surface area contributed by atoms with Crippen LogP contribution >= 0.6 is 62.0 Å². The molecule has 1 spiro atoms. The molecule has 2 aliphatic rings. The average molecular weight is 484 g/mol. The van der Waals surface area contributed by atoms with Crippen LogP contribution < -0.4 is 0 Å². The fourth-order valence-corrected chi connectivity index (χ4v) is 6.79.